The molecule has 3 rings (SSSR count). The SMILES string of the molecule is CNCC(C)NC(=O)N1CCCC(C(O)(CCCCOC)c2ccccc2Oc2ccc(F)cc2C)C1. The fourth-order valence-electron chi connectivity index (χ4n) is 5.17. The molecule has 0 aromatic heterocycles. The van der Waals surface area contributed by atoms with E-state index in [1.54, 1.807) is 20.1 Å². The lowest BCUT2D eigenvalue weighted by molar-refractivity contribution is -0.0574. The predicted octanol–water partition coefficient (Wildman–Crippen LogP) is 4.96. The number of piperidine rings is 1. The predicted molar refractivity (Wildman–Crippen MR) is 143 cm³/mol. The summed E-state index contributed by atoms with van der Waals surface area (Å²) < 4.78 is 25.2. The molecule has 1 fully saturated rings. The number of carbonyl (C=O) groups is 1. The second-order valence-electron chi connectivity index (χ2n) is 10.1. The van der Waals surface area contributed by atoms with Crippen LogP contribution in [-0.2, 0) is 10.3 Å². The molecular weight excluding hydrogens is 473 g/mol. The minimum Gasteiger partial charge on any atom is -0.457 e. The summed E-state index contributed by atoms with van der Waals surface area (Å²) in [5.41, 5.74) is 0.148. The minimum atomic E-state index is -1.21. The normalized spacial score (nSPS) is 18.2. The van der Waals surface area contributed by atoms with Crippen LogP contribution in [0, 0.1) is 18.7 Å². The number of nitrogens with one attached hydrogen (secondary N) is 2. The van der Waals surface area contributed by atoms with Crippen molar-refractivity contribution >= 4 is 6.03 Å². The molecule has 2 aromatic carbocycles. The Labute approximate surface area is 220 Å². The van der Waals surface area contributed by atoms with Crippen molar-refractivity contribution in [3.63, 3.8) is 0 Å². The monoisotopic (exact) mass is 515 g/mol. The van der Waals surface area contributed by atoms with E-state index < -0.39 is 5.60 Å². The number of likely N-dealkylation sites (N-methyl/N-ethyl adjacent to an activating group) is 1. The number of benzene rings is 2. The molecule has 0 spiro atoms. The molecule has 3 N–H and O–H groups in total. The first kappa shape index (κ1) is 28.9. The highest BCUT2D eigenvalue weighted by Gasteiger charge is 2.43. The van der Waals surface area contributed by atoms with Crippen LogP contribution in [0.15, 0.2) is 42.5 Å². The van der Waals surface area contributed by atoms with Crippen molar-refractivity contribution in [3.05, 3.63) is 59.4 Å². The van der Waals surface area contributed by atoms with Gasteiger partial charge < -0.3 is 30.1 Å². The lowest BCUT2D eigenvalue weighted by atomic mass is 9.73. The molecule has 3 atom stereocenters. The van der Waals surface area contributed by atoms with E-state index in [9.17, 15) is 14.3 Å². The number of ether oxygens (including phenoxy) is 2. The van der Waals surface area contributed by atoms with E-state index in [0.717, 1.165) is 25.7 Å². The zero-order valence-electron chi connectivity index (χ0n) is 22.6. The molecule has 1 heterocycles. The number of amides is 2. The van der Waals surface area contributed by atoms with Crippen molar-refractivity contribution in [2.45, 2.75) is 57.6 Å². The fourth-order valence-corrected chi connectivity index (χ4v) is 5.17. The van der Waals surface area contributed by atoms with E-state index in [-0.39, 0.29) is 23.8 Å². The number of carbonyl (C=O) groups excluding carboxylic acids is 1. The topological polar surface area (TPSA) is 83.1 Å². The summed E-state index contributed by atoms with van der Waals surface area (Å²) in [5, 5.41) is 18.5. The molecule has 0 radical (unpaired) electrons. The number of halogens is 1. The highest BCUT2D eigenvalue weighted by molar-refractivity contribution is 5.74. The summed E-state index contributed by atoms with van der Waals surface area (Å²) in [7, 11) is 3.53. The number of urea groups is 1. The first-order valence-electron chi connectivity index (χ1n) is 13.2. The molecule has 0 aliphatic carbocycles. The molecule has 2 amide bonds. The van der Waals surface area contributed by atoms with Crippen LogP contribution in [0.25, 0.3) is 0 Å². The molecular formula is C29H42FN3O4. The van der Waals surface area contributed by atoms with E-state index in [0.29, 0.717) is 55.3 Å². The zero-order chi connectivity index (χ0) is 26.8. The lowest BCUT2D eigenvalue weighted by Crippen LogP contribution is -2.53. The van der Waals surface area contributed by atoms with Crippen molar-refractivity contribution < 1.29 is 23.8 Å². The van der Waals surface area contributed by atoms with Gasteiger partial charge in [-0.1, -0.05) is 18.2 Å². The van der Waals surface area contributed by atoms with Gasteiger partial charge in [0.1, 0.15) is 17.3 Å². The minimum absolute atomic E-state index is 0.00104. The van der Waals surface area contributed by atoms with Crippen molar-refractivity contribution in [2.24, 2.45) is 5.92 Å². The van der Waals surface area contributed by atoms with Crippen LogP contribution < -0.4 is 15.4 Å². The third-order valence-corrected chi connectivity index (χ3v) is 7.13. The van der Waals surface area contributed by atoms with E-state index >= 15 is 0 Å². The van der Waals surface area contributed by atoms with Crippen LogP contribution >= 0.6 is 0 Å². The first-order chi connectivity index (χ1) is 17.8. The molecule has 8 heteroatoms. The summed E-state index contributed by atoms with van der Waals surface area (Å²) in [6.07, 6.45) is 3.68. The van der Waals surface area contributed by atoms with Crippen molar-refractivity contribution in [1.29, 1.82) is 0 Å². The molecule has 0 saturated carbocycles. The highest BCUT2D eigenvalue weighted by Crippen LogP contribution is 2.44. The average Bonchev–Trinajstić information content (AvgIpc) is 2.88. The smallest absolute Gasteiger partial charge is 0.317 e. The Morgan fingerprint density at radius 3 is 2.76 bits per heavy atom. The number of hydrogen-bond acceptors (Lipinski definition) is 5. The van der Waals surface area contributed by atoms with E-state index in [4.69, 9.17) is 9.47 Å². The molecule has 204 valence electrons. The Morgan fingerprint density at radius 1 is 1.24 bits per heavy atom. The van der Waals surface area contributed by atoms with Crippen LogP contribution in [0.3, 0.4) is 0 Å². The third-order valence-electron chi connectivity index (χ3n) is 7.13. The maximum atomic E-state index is 13.7. The standard InChI is InChI=1S/C29H42FN3O4/c1-21-18-24(30)13-14-26(21)37-27-12-6-5-11-25(27)29(35,15-7-8-17-36-4)23-10-9-16-33(20-23)28(34)32-22(2)19-31-3/h5-6,11-14,18,22-23,31,35H,7-10,15-17,19-20H2,1-4H3,(H,32,34). The van der Waals surface area contributed by atoms with Gasteiger partial charge in [0.05, 0.1) is 5.60 Å². The van der Waals surface area contributed by atoms with Crippen LogP contribution in [-0.4, -0.2) is 62.5 Å². The summed E-state index contributed by atoms with van der Waals surface area (Å²) >= 11 is 0. The van der Waals surface area contributed by atoms with E-state index in [2.05, 4.69) is 10.6 Å². The number of nitrogens with zero attached hydrogens (tertiary/aromatic N) is 1. The summed E-state index contributed by atoms with van der Waals surface area (Å²) in [6.45, 7) is 6.16. The molecule has 1 saturated heterocycles. The Kier molecular flexibility index (Phi) is 10.7. The number of aliphatic hydroxyl groups is 1. The zero-order valence-corrected chi connectivity index (χ0v) is 22.6. The number of hydrogen-bond donors (Lipinski definition) is 3. The Morgan fingerprint density at radius 2 is 2.03 bits per heavy atom. The van der Waals surface area contributed by atoms with Crippen LogP contribution in [0.5, 0.6) is 11.5 Å². The van der Waals surface area contributed by atoms with Gasteiger partial charge in [-0.3, -0.25) is 0 Å². The van der Waals surface area contributed by atoms with Gasteiger partial charge in [0.25, 0.3) is 0 Å². The maximum absolute atomic E-state index is 13.7. The number of methoxy groups -OCH3 is 1. The third kappa shape index (κ3) is 7.66. The molecule has 37 heavy (non-hydrogen) atoms. The largest absolute Gasteiger partial charge is 0.457 e. The van der Waals surface area contributed by atoms with Crippen LogP contribution in [0.2, 0.25) is 0 Å². The van der Waals surface area contributed by atoms with Crippen molar-refractivity contribution in [1.82, 2.24) is 15.5 Å². The van der Waals surface area contributed by atoms with Gasteiger partial charge in [-0.2, -0.15) is 0 Å². The number of likely N-dealkylation sites (tertiary alicyclic amines) is 1. The maximum Gasteiger partial charge on any atom is 0.317 e. The summed E-state index contributed by atoms with van der Waals surface area (Å²) in [4.78, 5) is 14.8. The van der Waals surface area contributed by atoms with Gasteiger partial charge in [-0.15, -0.1) is 0 Å². The Balaban J connectivity index is 1.90. The van der Waals surface area contributed by atoms with Gasteiger partial charge in [-0.05, 0) is 82.8 Å². The molecule has 7 nitrogen and oxygen atoms in total. The second kappa shape index (κ2) is 13.7. The average molecular weight is 516 g/mol. The highest BCUT2D eigenvalue weighted by atomic mass is 19.1. The van der Waals surface area contributed by atoms with Gasteiger partial charge in [0.2, 0.25) is 0 Å². The summed E-state index contributed by atoms with van der Waals surface area (Å²) in [6, 6.07) is 11.8. The van der Waals surface area contributed by atoms with Crippen LogP contribution in [0.1, 0.15) is 50.2 Å². The van der Waals surface area contributed by atoms with Gasteiger partial charge in [0.15, 0.2) is 0 Å². The lowest BCUT2D eigenvalue weighted by Gasteiger charge is -2.43. The molecule has 3 unspecified atom stereocenters. The van der Waals surface area contributed by atoms with Gasteiger partial charge in [0, 0.05) is 50.9 Å². The number of rotatable bonds is 12. The second-order valence-corrected chi connectivity index (χ2v) is 10.1. The van der Waals surface area contributed by atoms with Gasteiger partial charge in [-0.25, -0.2) is 9.18 Å². The first-order valence-corrected chi connectivity index (χ1v) is 13.2. The van der Waals surface area contributed by atoms with E-state index in [1.807, 2.05) is 43.1 Å². The van der Waals surface area contributed by atoms with E-state index in [1.165, 1.54) is 12.1 Å². The molecule has 1 aliphatic rings. The number of para-hydroxylation sites is 1. The Hall–Kier alpha value is -2.68. The van der Waals surface area contributed by atoms with Gasteiger partial charge >= 0.3 is 6.03 Å². The number of unbranched alkanes of at least 4 members (excludes halogenated alkanes) is 1. The summed E-state index contributed by atoms with van der Waals surface area (Å²) in [5.74, 6) is 0.583. The molecule has 1 aliphatic heterocycles. The quantitative estimate of drug-likeness (QED) is 0.348. The Bertz CT molecular complexity index is 1020. The van der Waals surface area contributed by atoms with Crippen LogP contribution in [0.4, 0.5) is 9.18 Å². The fraction of sp³-hybridized carbons (Fsp3) is 0.552. The molecule has 0 bridgehead atoms. The molecule has 2 aromatic rings. The number of aryl methyl sites for hydroxylation is 1. The van der Waals surface area contributed by atoms with Crippen molar-refractivity contribution in [2.75, 3.05) is 40.4 Å². The van der Waals surface area contributed by atoms with Crippen molar-refractivity contribution in [3.8, 4) is 11.5 Å².